The number of aromatic nitrogens is 2. The van der Waals surface area contributed by atoms with Crippen molar-refractivity contribution in [3.63, 3.8) is 0 Å². The Kier molecular flexibility index (Phi) is 5.74. The van der Waals surface area contributed by atoms with Gasteiger partial charge in [-0.05, 0) is 29.8 Å². The normalized spacial score (nSPS) is 10.4. The molecular formula is C19H18N2O3S. The number of H-pyrrole nitrogens is 1. The maximum atomic E-state index is 11.8. The lowest BCUT2D eigenvalue weighted by molar-refractivity contribution is 0.299. The highest BCUT2D eigenvalue weighted by Crippen LogP contribution is 2.20. The van der Waals surface area contributed by atoms with Gasteiger partial charge in [-0.2, -0.15) is 0 Å². The number of benzene rings is 2. The van der Waals surface area contributed by atoms with Crippen molar-refractivity contribution in [2.24, 2.45) is 0 Å². The highest BCUT2D eigenvalue weighted by molar-refractivity contribution is 7.98. The zero-order chi connectivity index (χ0) is 17.5. The van der Waals surface area contributed by atoms with Crippen molar-refractivity contribution in [3.05, 3.63) is 82.3 Å². The van der Waals surface area contributed by atoms with Crippen LogP contribution in [0.15, 0.2) is 70.6 Å². The van der Waals surface area contributed by atoms with E-state index in [-0.39, 0.29) is 12.2 Å². The van der Waals surface area contributed by atoms with Crippen molar-refractivity contribution in [2.75, 3.05) is 7.11 Å². The lowest BCUT2D eigenvalue weighted by Gasteiger charge is -2.07. The van der Waals surface area contributed by atoms with E-state index in [4.69, 9.17) is 9.47 Å². The summed E-state index contributed by atoms with van der Waals surface area (Å²) in [6, 6.07) is 18.7. The van der Waals surface area contributed by atoms with Gasteiger partial charge in [0.25, 0.3) is 5.56 Å². The van der Waals surface area contributed by atoms with Crippen molar-refractivity contribution in [1.29, 1.82) is 0 Å². The van der Waals surface area contributed by atoms with Crippen molar-refractivity contribution < 1.29 is 9.47 Å². The van der Waals surface area contributed by atoms with Gasteiger partial charge in [-0.3, -0.25) is 4.79 Å². The summed E-state index contributed by atoms with van der Waals surface area (Å²) in [5, 5.41) is 0.579. The summed E-state index contributed by atoms with van der Waals surface area (Å²) in [7, 11) is 1.64. The van der Waals surface area contributed by atoms with Gasteiger partial charge in [-0.15, -0.1) is 0 Å². The lowest BCUT2D eigenvalue weighted by atomic mass is 10.2. The number of nitrogens with one attached hydrogen (secondary N) is 1. The Morgan fingerprint density at radius 1 is 1.04 bits per heavy atom. The summed E-state index contributed by atoms with van der Waals surface area (Å²) in [6.45, 7) is 0.254. The molecule has 2 aromatic carbocycles. The Morgan fingerprint density at radius 2 is 1.80 bits per heavy atom. The molecule has 1 aromatic heterocycles. The van der Waals surface area contributed by atoms with Crippen LogP contribution in [0.25, 0.3) is 0 Å². The Bertz CT molecular complexity index is 864. The summed E-state index contributed by atoms with van der Waals surface area (Å²) < 4.78 is 10.8. The molecule has 0 spiro atoms. The van der Waals surface area contributed by atoms with Gasteiger partial charge in [0.15, 0.2) is 5.16 Å². The summed E-state index contributed by atoms with van der Waals surface area (Å²) in [4.78, 5) is 19.0. The summed E-state index contributed by atoms with van der Waals surface area (Å²) in [6.07, 6.45) is 0. The first kappa shape index (κ1) is 17.1. The SMILES string of the molecule is COc1ccc(CSc2nc(COc3ccccc3)cc(=O)[nH]2)cc1. The molecule has 0 bridgehead atoms. The highest BCUT2D eigenvalue weighted by atomic mass is 32.2. The van der Waals surface area contributed by atoms with Crippen LogP contribution in [0.1, 0.15) is 11.3 Å². The van der Waals surface area contributed by atoms with Crippen LogP contribution in [-0.4, -0.2) is 17.1 Å². The van der Waals surface area contributed by atoms with Crippen LogP contribution in [0.5, 0.6) is 11.5 Å². The van der Waals surface area contributed by atoms with E-state index in [0.29, 0.717) is 16.6 Å². The number of rotatable bonds is 7. The Labute approximate surface area is 150 Å². The molecular weight excluding hydrogens is 336 g/mol. The second kappa shape index (κ2) is 8.39. The van der Waals surface area contributed by atoms with E-state index in [1.165, 1.54) is 17.8 Å². The second-order valence-electron chi connectivity index (χ2n) is 5.28. The molecule has 25 heavy (non-hydrogen) atoms. The van der Waals surface area contributed by atoms with Gasteiger partial charge >= 0.3 is 0 Å². The molecule has 0 aliphatic carbocycles. The number of aromatic amines is 1. The fraction of sp³-hybridized carbons (Fsp3) is 0.158. The molecule has 0 saturated heterocycles. The minimum atomic E-state index is -0.182. The fourth-order valence-corrected chi connectivity index (χ4v) is 3.02. The van der Waals surface area contributed by atoms with E-state index >= 15 is 0 Å². The molecule has 128 valence electrons. The zero-order valence-electron chi connectivity index (χ0n) is 13.8. The molecule has 0 unspecified atom stereocenters. The third-order valence-corrected chi connectivity index (χ3v) is 4.38. The molecule has 0 radical (unpaired) electrons. The predicted molar refractivity (Wildman–Crippen MR) is 98.2 cm³/mol. The molecule has 0 aliphatic heterocycles. The molecule has 1 N–H and O–H groups in total. The third kappa shape index (κ3) is 5.12. The summed E-state index contributed by atoms with van der Waals surface area (Å²) in [5.41, 5.74) is 1.54. The maximum absolute atomic E-state index is 11.8. The molecule has 3 aromatic rings. The van der Waals surface area contributed by atoms with Crippen molar-refractivity contribution in [2.45, 2.75) is 17.5 Å². The van der Waals surface area contributed by atoms with Crippen molar-refractivity contribution in [3.8, 4) is 11.5 Å². The highest BCUT2D eigenvalue weighted by Gasteiger charge is 2.04. The largest absolute Gasteiger partial charge is 0.497 e. The first-order valence-electron chi connectivity index (χ1n) is 7.77. The number of para-hydroxylation sites is 1. The predicted octanol–water partition coefficient (Wildman–Crippen LogP) is 3.65. The van der Waals surface area contributed by atoms with E-state index in [1.54, 1.807) is 7.11 Å². The molecule has 0 atom stereocenters. The number of hydrogen-bond acceptors (Lipinski definition) is 5. The molecule has 1 heterocycles. The molecule has 6 heteroatoms. The fourth-order valence-electron chi connectivity index (χ4n) is 2.17. The maximum Gasteiger partial charge on any atom is 0.251 e. The molecule has 3 rings (SSSR count). The van der Waals surface area contributed by atoms with Gasteiger partial charge < -0.3 is 14.5 Å². The van der Waals surface area contributed by atoms with Crippen LogP contribution in [0.4, 0.5) is 0 Å². The van der Waals surface area contributed by atoms with Crippen molar-refractivity contribution >= 4 is 11.8 Å². The molecule has 0 fully saturated rings. The van der Waals surface area contributed by atoms with Gasteiger partial charge in [0.1, 0.15) is 18.1 Å². The van der Waals surface area contributed by atoms with Gasteiger partial charge in [-0.1, -0.05) is 42.1 Å². The molecule has 0 amide bonds. The van der Waals surface area contributed by atoms with Gasteiger partial charge in [0, 0.05) is 11.8 Å². The standard InChI is InChI=1S/C19H18N2O3S/c1-23-16-9-7-14(8-10-16)13-25-19-20-15(11-18(22)21-19)12-24-17-5-3-2-4-6-17/h2-11H,12-13H2,1H3,(H,20,21,22). The average molecular weight is 354 g/mol. The monoisotopic (exact) mass is 354 g/mol. The van der Waals surface area contributed by atoms with Crippen LogP contribution >= 0.6 is 11.8 Å². The zero-order valence-corrected chi connectivity index (χ0v) is 14.6. The van der Waals surface area contributed by atoms with E-state index < -0.39 is 0 Å². The Morgan fingerprint density at radius 3 is 2.52 bits per heavy atom. The average Bonchev–Trinajstić information content (AvgIpc) is 2.66. The van der Waals surface area contributed by atoms with Gasteiger partial charge in [-0.25, -0.2) is 4.98 Å². The van der Waals surface area contributed by atoms with Crippen LogP contribution in [0.3, 0.4) is 0 Å². The van der Waals surface area contributed by atoms with Crippen molar-refractivity contribution in [1.82, 2.24) is 9.97 Å². The van der Waals surface area contributed by atoms with Gasteiger partial charge in [0.05, 0.1) is 12.8 Å². The molecule has 0 aliphatic rings. The second-order valence-corrected chi connectivity index (χ2v) is 6.24. The van der Waals surface area contributed by atoms with Crippen LogP contribution in [0.2, 0.25) is 0 Å². The van der Waals surface area contributed by atoms with Crippen LogP contribution in [0, 0.1) is 0 Å². The first-order chi connectivity index (χ1) is 12.2. The number of thioether (sulfide) groups is 1. The number of methoxy groups -OCH3 is 1. The first-order valence-corrected chi connectivity index (χ1v) is 8.75. The Balaban J connectivity index is 1.63. The van der Waals surface area contributed by atoms with Gasteiger partial charge in [0.2, 0.25) is 0 Å². The number of nitrogens with zero attached hydrogens (tertiary/aromatic N) is 1. The minimum Gasteiger partial charge on any atom is -0.497 e. The lowest BCUT2D eigenvalue weighted by Crippen LogP contribution is -2.11. The minimum absolute atomic E-state index is 0.182. The number of hydrogen-bond donors (Lipinski definition) is 1. The molecule has 5 nitrogen and oxygen atoms in total. The van der Waals surface area contributed by atoms with E-state index in [2.05, 4.69) is 9.97 Å². The summed E-state index contributed by atoms with van der Waals surface area (Å²) >= 11 is 1.47. The third-order valence-electron chi connectivity index (χ3n) is 3.44. The van der Waals surface area contributed by atoms with E-state index in [1.807, 2.05) is 54.6 Å². The van der Waals surface area contributed by atoms with Crippen LogP contribution in [-0.2, 0) is 12.4 Å². The Hall–Kier alpha value is -2.73. The van der Waals surface area contributed by atoms with E-state index in [9.17, 15) is 4.79 Å². The molecule has 0 saturated carbocycles. The summed E-state index contributed by atoms with van der Waals surface area (Å²) in [5.74, 6) is 2.27. The van der Waals surface area contributed by atoms with Crippen LogP contribution < -0.4 is 15.0 Å². The smallest absolute Gasteiger partial charge is 0.251 e. The van der Waals surface area contributed by atoms with E-state index in [0.717, 1.165) is 17.1 Å². The number of ether oxygens (including phenoxy) is 2. The topological polar surface area (TPSA) is 64.2 Å². The quantitative estimate of drug-likeness (QED) is 0.518.